The van der Waals surface area contributed by atoms with Gasteiger partial charge in [-0.2, -0.15) is 0 Å². The third-order valence-electron chi connectivity index (χ3n) is 5.86. The molecule has 0 spiro atoms. The summed E-state index contributed by atoms with van der Waals surface area (Å²) in [5.41, 5.74) is 3.26. The van der Waals surface area contributed by atoms with Crippen molar-refractivity contribution in [2.24, 2.45) is 0 Å². The molecule has 1 aliphatic rings. The number of tetrazole rings is 1. The molecule has 0 bridgehead atoms. The zero-order valence-corrected chi connectivity index (χ0v) is 18.3. The summed E-state index contributed by atoms with van der Waals surface area (Å²) in [6.07, 6.45) is 3.13. The Balaban J connectivity index is 1.58. The second-order valence-corrected chi connectivity index (χ2v) is 7.98. The molecule has 1 aliphatic heterocycles. The highest BCUT2D eigenvalue weighted by atomic mass is 16.2. The molecule has 2 heterocycles. The molecule has 4 rings (SSSR count). The molecule has 3 aromatic rings. The first-order chi connectivity index (χ1) is 15.7. The molecule has 32 heavy (non-hydrogen) atoms. The van der Waals surface area contributed by atoms with Crippen LogP contribution in [0.4, 0.5) is 0 Å². The fourth-order valence-corrected chi connectivity index (χ4v) is 4.27. The van der Waals surface area contributed by atoms with E-state index in [-0.39, 0.29) is 18.2 Å². The van der Waals surface area contributed by atoms with Crippen LogP contribution in [0.2, 0.25) is 0 Å². The smallest absolute Gasteiger partial charge is 0.245 e. The maximum Gasteiger partial charge on any atom is 0.245 e. The Bertz CT molecular complexity index is 1040. The van der Waals surface area contributed by atoms with E-state index < -0.39 is 6.04 Å². The third kappa shape index (κ3) is 4.85. The Hall–Kier alpha value is -3.55. The minimum atomic E-state index is -0.512. The molecule has 1 fully saturated rings. The van der Waals surface area contributed by atoms with Crippen LogP contribution in [0, 0.1) is 0 Å². The zero-order chi connectivity index (χ0) is 22.3. The number of piperazine rings is 1. The van der Waals surface area contributed by atoms with Crippen LogP contribution >= 0.6 is 0 Å². The highest BCUT2D eigenvalue weighted by molar-refractivity contribution is 5.89. The summed E-state index contributed by atoms with van der Waals surface area (Å²) in [5, 5.41) is 11.0. The van der Waals surface area contributed by atoms with Gasteiger partial charge in [0.1, 0.15) is 12.4 Å². The number of benzene rings is 2. The van der Waals surface area contributed by atoms with E-state index in [9.17, 15) is 9.59 Å². The SMILES string of the molecule is CCCN1CCN(C(=O)CCn2cnnn2)C(Cc2ccccc2-c2ccccc2)C1=O. The van der Waals surface area contributed by atoms with Gasteiger partial charge in [-0.05, 0) is 33.5 Å². The number of hydrogen-bond acceptors (Lipinski definition) is 5. The number of nitrogens with zero attached hydrogens (tertiary/aromatic N) is 6. The molecular formula is C24H28N6O2. The largest absolute Gasteiger partial charge is 0.339 e. The second kappa shape index (κ2) is 10.2. The van der Waals surface area contributed by atoms with Crippen LogP contribution in [-0.4, -0.2) is 67.5 Å². The molecular weight excluding hydrogens is 404 g/mol. The lowest BCUT2D eigenvalue weighted by Crippen LogP contribution is -2.59. The molecule has 2 amide bonds. The molecule has 8 heteroatoms. The summed E-state index contributed by atoms with van der Waals surface area (Å²) in [5.74, 6) is -0.0241. The van der Waals surface area contributed by atoms with E-state index in [0.29, 0.717) is 32.6 Å². The van der Waals surface area contributed by atoms with Gasteiger partial charge in [0.15, 0.2) is 0 Å². The Kier molecular flexibility index (Phi) is 6.89. The monoisotopic (exact) mass is 432 g/mol. The number of hydrogen-bond donors (Lipinski definition) is 0. The van der Waals surface area contributed by atoms with Gasteiger partial charge in [0.25, 0.3) is 0 Å². The predicted octanol–water partition coefficient (Wildman–Crippen LogP) is 2.42. The summed E-state index contributed by atoms with van der Waals surface area (Å²) in [7, 11) is 0. The van der Waals surface area contributed by atoms with Crippen LogP contribution in [0.25, 0.3) is 11.1 Å². The van der Waals surface area contributed by atoms with E-state index in [4.69, 9.17) is 0 Å². The third-order valence-corrected chi connectivity index (χ3v) is 5.86. The molecule has 2 aromatic carbocycles. The summed E-state index contributed by atoms with van der Waals surface area (Å²) in [4.78, 5) is 30.2. The van der Waals surface area contributed by atoms with Crippen molar-refractivity contribution in [2.45, 2.75) is 38.8 Å². The minimum Gasteiger partial charge on any atom is -0.339 e. The molecule has 8 nitrogen and oxygen atoms in total. The Morgan fingerprint density at radius 1 is 1.03 bits per heavy atom. The lowest BCUT2D eigenvalue weighted by Gasteiger charge is -2.41. The highest BCUT2D eigenvalue weighted by Gasteiger charge is 2.37. The van der Waals surface area contributed by atoms with Gasteiger partial charge in [0, 0.05) is 32.5 Å². The van der Waals surface area contributed by atoms with E-state index in [1.165, 1.54) is 11.0 Å². The summed E-state index contributed by atoms with van der Waals surface area (Å²) in [6, 6.07) is 17.8. The number of aryl methyl sites for hydroxylation is 1. The fourth-order valence-electron chi connectivity index (χ4n) is 4.27. The van der Waals surface area contributed by atoms with E-state index in [1.807, 2.05) is 35.2 Å². The van der Waals surface area contributed by atoms with Gasteiger partial charge < -0.3 is 9.80 Å². The molecule has 0 aliphatic carbocycles. The van der Waals surface area contributed by atoms with Gasteiger partial charge in [-0.25, -0.2) is 4.68 Å². The van der Waals surface area contributed by atoms with Crippen molar-refractivity contribution in [3.05, 3.63) is 66.5 Å². The van der Waals surface area contributed by atoms with E-state index in [2.05, 4.69) is 46.7 Å². The van der Waals surface area contributed by atoms with E-state index in [1.54, 1.807) is 4.90 Å². The number of carbonyl (C=O) groups excluding carboxylic acids is 2. The van der Waals surface area contributed by atoms with Crippen LogP contribution in [0.15, 0.2) is 60.9 Å². The summed E-state index contributed by atoms with van der Waals surface area (Å²) >= 11 is 0. The van der Waals surface area contributed by atoms with Crippen molar-refractivity contribution in [1.29, 1.82) is 0 Å². The van der Waals surface area contributed by atoms with Crippen molar-refractivity contribution in [3.63, 3.8) is 0 Å². The molecule has 1 aromatic heterocycles. The molecule has 1 atom stereocenters. The first-order valence-corrected chi connectivity index (χ1v) is 11.1. The quantitative estimate of drug-likeness (QED) is 0.546. The number of rotatable bonds is 8. The molecule has 1 unspecified atom stereocenters. The van der Waals surface area contributed by atoms with Crippen molar-refractivity contribution >= 4 is 11.8 Å². The van der Waals surface area contributed by atoms with Crippen molar-refractivity contribution in [2.75, 3.05) is 19.6 Å². The molecule has 0 N–H and O–H groups in total. The fraction of sp³-hybridized carbons (Fsp3) is 0.375. The van der Waals surface area contributed by atoms with Gasteiger partial charge in [-0.3, -0.25) is 9.59 Å². The highest BCUT2D eigenvalue weighted by Crippen LogP contribution is 2.27. The average Bonchev–Trinajstić information content (AvgIpc) is 3.35. The van der Waals surface area contributed by atoms with E-state index >= 15 is 0 Å². The molecule has 0 radical (unpaired) electrons. The van der Waals surface area contributed by atoms with Crippen LogP contribution < -0.4 is 0 Å². The van der Waals surface area contributed by atoms with Crippen molar-refractivity contribution in [1.82, 2.24) is 30.0 Å². The van der Waals surface area contributed by atoms with Gasteiger partial charge in [0.05, 0.1) is 6.54 Å². The van der Waals surface area contributed by atoms with Gasteiger partial charge in [0.2, 0.25) is 11.8 Å². The Morgan fingerprint density at radius 2 is 1.81 bits per heavy atom. The maximum absolute atomic E-state index is 13.4. The van der Waals surface area contributed by atoms with Gasteiger partial charge >= 0.3 is 0 Å². The summed E-state index contributed by atoms with van der Waals surface area (Å²) < 4.78 is 1.53. The second-order valence-electron chi connectivity index (χ2n) is 7.98. The first kappa shape index (κ1) is 21.7. The van der Waals surface area contributed by atoms with Crippen molar-refractivity contribution in [3.8, 4) is 11.1 Å². The molecule has 0 saturated carbocycles. The lowest BCUT2D eigenvalue weighted by molar-refractivity contribution is -0.151. The first-order valence-electron chi connectivity index (χ1n) is 11.1. The number of carbonyl (C=O) groups is 2. The number of amides is 2. The molecule has 1 saturated heterocycles. The van der Waals surface area contributed by atoms with Crippen LogP contribution in [0.5, 0.6) is 0 Å². The van der Waals surface area contributed by atoms with E-state index in [0.717, 1.165) is 23.1 Å². The normalized spacial score (nSPS) is 16.4. The average molecular weight is 433 g/mol. The van der Waals surface area contributed by atoms with Gasteiger partial charge in [-0.1, -0.05) is 61.5 Å². The zero-order valence-electron chi connectivity index (χ0n) is 18.3. The lowest BCUT2D eigenvalue weighted by atomic mass is 9.93. The Labute approximate surface area is 187 Å². The predicted molar refractivity (Wildman–Crippen MR) is 120 cm³/mol. The van der Waals surface area contributed by atoms with Gasteiger partial charge in [-0.15, -0.1) is 5.10 Å². The minimum absolute atomic E-state index is 0.0248. The standard InChI is InChI=1S/C24H28N6O2/c1-2-13-28-15-16-30(23(31)12-14-29-18-25-26-27-29)22(24(28)32)17-20-10-6-7-11-21(20)19-8-4-3-5-9-19/h3-11,18,22H,2,12-17H2,1H3. The Morgan fingerprint density at radius 3 is 2.56 bits per heavy atom. The number of aromatic nitrogens is 4. The van der Waals surface area contributed by atoms with Crippen LogP contribution in [-0.2, 0) is 22.6 Å². The van der Waals surface area contributed by atoms with Crippen molar-refractivity contribution < 1.29 is 9.59 Å². The maximum atomic E-state index is 13.4. The van der Waals surface area contributed by atoms with Crippen LogP contribution in [0.3, 0.4) is 0 Å². The van der Waals surface area contributed by atoms with Crippen LogP contribution in [0.1, 0.15) is 25.3 Å². The molecule has 166 valence electrons. The topological polar surface area (TPSA) is 84.2 Å². The summed E-state index contributed by atoms with van der Waals surface area (Å²) in [6.45, 7) is 4.28.